The summed E-state index contributed by atoms with van der Waals surface area (Å²) in [6.07, 6.45) is 6.94. The Balaban J connectivity index is 2.26. The van der Waals surface area contributed by atoms with Crippen molar-refractivity contribution in [2.75, 3.05) is 6.54 Å². The van der Waals surface area contributed by atoms with Gasteiger partial charge in [-0.1, -0.05) is 31.2 Å². The molecule has 0 saturated carbocycles. The molecule has 2 nitrogen and oxygen atoms in total. The van der Waals surface area contributed by atoms with E-state index in [2.05, 4.69) is 36.2 Å². The molecule has 2 heteroatoms. The molecule has 86 valence electrons. The number of allylic oxidation sites excluding steroid dienone is 1. The van der Waals surface area contributed by atoms with Crippen molar-refractivity contribution in [3.8, 4) is 0 Å². The summed E-state index contributed by atoms with van der Waals surface area (Å²) < 4.78 is 0. The fraction of sp³-hybridized carbons (Fsp3) is 0.200. The normalized spacial score (nSPS) is 17.7. The molecular weight excluding hydrogens is 210 g/mol. The first kappa shape index (κ1) is 10.2. The van der Waals surface area contributed by atoms with Gasteiger partial charge in [-0.25, -0.2) is 0 Å². The topological polar surface area (TPSA) is 23.5 Å². The summed E-state index contributed by atoms with van der Waals surface area (Å²) in [5.41, 5.74) is 4.63. The largest absolute Gasteiger partial charge is 0.508 e. The first-order valence-electron chi connectivity index (χ1n) is 5.98. The Labute approximate surface area is 101 Å². The highest BCUT2D eigenvalue weighted by Crippen LogP contribution is 2.36. The standard InChI is InChI=1S/C15H15NO/c1-2-12-14(17)8-10-16-9-7-11-5-3-4-6-13(11)15(12)16/h3-9,17H,2,10H2,1H3. The molecule has 0 fully saturated rings. The smallest absolute Gasteiger partial charge is 0.118 e. The third kappa shape index (κ3) is 1.48. The summed E-state index contributed by atoms with van der Waals surface area (Å²) in [6, 6.07) is 8.32. The average Bonchev–Trinajstić information content (AvgIpc) is 2.38. The lowest BCUT2D eigenvalue weighted by molar-refractivity contribution is 0.402. The van der Waals surface area contributed by atoms with Crippen LogP contribution >= 0.6 is 0 Å². The van der Waals surface area contributed by atoms with Crippen molar-refractivity contribution in [3.63, 3.8) is 0 Å². The van der Waals surface area contributed by atoms with Crippen molar-refractivity contribution in [3.05, 3.63) is 59.0 Å². The van der Waals surface area contributed by atoms with Crippen LogP contribution in [-0.4, -0.2) is 16.6 Å². The quantitative estimate of drug-likeness (QED) is 0.790. The first-order valence-corrected chi connectivity index (χ1v) is 5.98. The zero-order valence-corrected chi connectivity index (χ0v) is 9.85. The maximum Gasteiger partial charge on any atom is 0.118 e. The molecule has 0 amide bonds. The van der Waals surface area contributed by atoms with Crippen LogP contribution in [0.3, 0.4) is 0 Å². The highest BCUT2D eigenvalue weighted by molar-refractivity contribution is 5.81. The zero-order chi connectivity index (χ0) is 11.8. The van der Waals surface area contributed by atoms with Crippen molar-refractivity contribution in [1.29, 1.82) is 0 Å². The fourth-order valence-corrected chi connectivity index (χ4v) is 2.52. The van der Waals surface area contributed by atoms with Gasteiger partial charge in [0.15, 0.2) is 0 Å². The second-order valence-electron chi connectivity index (χ2n) is 4.33. The number of aliphatic hydroxyl groups is 1. The van der Waals surface area contributed by atoms with Gasteiger partial charge in [-0.15, -0.1) is 0 Å². The SMILES string of the molecule is CCC1=C2c3ccccc3C=CN2CC=C1O. The molecule has 0 unspecified atom stereocenters. The number of aliphatic hydroxyl groups excluding tert-OH is 1. The van der Waals surface area contributed by atoms with E-state index in [4.69, 9.17) is 0 Å². The van der Waals surface area contributed by atoms with Crippen LogP contribution in [0.5, 0.6) is 0 Å². The van der Waals surface area contributed by atoms with Crippen LogP contribution in [0.25, 0.3) is 11.8 Å². The second-order valence-corrected chi connectivity index (χ2v) is 4.33. The van der Waals surface area contributed by atoms with Gasteiger partial charge in [0.05, 0.1) is 5.70 Å². The molecule has 0 aliphatic carbocycles. The lowest BCUT2D eigenvalue weighted by atomic mass is 9.93. The van der Waals surface area contributed by atoms with Gasteiger partial charge >= 0.3 is 0 Å². The first-order chi connectivity index (χ1) is 8.31. The number of rotatable bonds is 1. The Bertz CT molecular complexity index is 552. The van der Waals surface area contributed by atoms with Crippen LogP contribution in [-0.2, 0) is 0 Å². The van der Waals surface area contributed by atoms with E-state index in [1.807, 2.05) is 18.2 Å². The molecule has 2 heterocycles. The van der Waals surface area contributed by atoms with Gasteiger partial charge in [-0.2, -0.15) is 0 Å². The minimum Gasteiger partial charge on any atom is -0.508 e. The van der Waals surface area contributed by atoms with Gasteiger partial charge in [0.1, 0.15) is 5.76 Å². The van der Waals surface area contributed by atoms with Crippen molar-refractivity contribution in [1.82, 2.24) is 4.90 Å². The zero-order valence-electron chi connectivity index (χ0n) is 9.85. The molecule has 0 spiro atoms. The van der Waals surface area contributed by atoms with Gasteiger partial charge in [-0.05, 0) is 24.1 Å². The molecule has 3 rings (SSSR count). The van der Waals surface area contributed by atoms with E-state index >= 15 is 0 Å². The third-order valence-corrected chi connectivity index (χ3v) is 3.37. The molecule has 2 aliphatic heterocycles. The molecule has 2 aliphatic rings. The van der Waals surface area contributed by atoms with Gasteiger partial charge in [-0.3, -0.25) is 0 Å². The molecule has 0 atom stereocenters. The van der Waals surface area contributed by atoms with Gasteiger partial charge in [0.2, 0.25) is 0 Å². The second kappa shape index (κ2) is 3.81. The summed E-state index contributed by atoms with van der Waals surface area (Å²) in [5, 5.41) is 9.99. The summed E-state index contributed by atoms with van der Waals surface area (Å²) in [7, 11) is 0. The Morgan fingerprint density at radius 3 is 2.94 bits per heavy atom. The van der Waals surface area contributed by atoms with E-state index in [-0.39, 0.29) is 0 Å². The Morgan fingerprint density at radius 1 is 1.29 bits per heavy atom. The van der Waals surface area contributed by atoms with E-state index in [0.717, 1.165) is 24.2 Å². The number of benzene rings is 1. The van der Waals surface area contributed by atoms with Crippen molar-refractivity contribution >= 4 is 11.8 Å². The molecule has 1 N–H and O–H groups in total. The Morgan fingerprint density at radius 2 is 2.12 bits per heavy atom. The van der Waals surface area contributed by atoms with Gasteiger partial charge in [0.25, 0.3) is 0 Å². The molecule has 17 heavy (non-hydrogen) atoms. The van der Waals surface area contributed by atoms with Crippen LogP contribution < -0.4 is 0 Å². The van der Waals surface area contributed by atoms with E-state index in [9.17, 15) is 5.11 Å². The molecule has 0 radical (unpaired) electrons. The number of hydrogen-bond acceptors (Lipinski definition) is 2. The van der Waals surface area contributed by atoms with Crippen molar-refractivity contribution in [2.24, 2.45) is 0 Å². The minimum atomic E-state index is 0.434. The number of hydrogen-bond donors (Lipinski definition) is 1. The summed E-state index contributed by atoms with van der Waals surface area (Å²) in [6.45, 7) is 2.83. The van der Waals surface area contributed by atoms with Crippen molar-refractivity contribution < 1.29 is 5.11 Å². The third-order valence-electron chi connectivity index (χ3n) is 3.37. The number of fused-ring (bicyclic) bond motifs is 3. The predicted molar refractivity (Wildman–Crippen MR) is 70.1 cm³/mol. The molecule has 0 bridgehead atoms. The molecule has 0 saturated heterocycles. The van der Waals surface area contributed by atoms with Crippen LogP contribution in [0.15, 0.2) is 47.9 Å². The molecular formula is C15H15NO. The fourth-order valence-electron chi connectivity index (χ4n) is 2.52. The lowest BCUT2D eigenvalue weighted by Crippen LogP contribution is -2.24. The van der Waals surface area contributed by atoms with Crippen LogP contribution in [0.2, 0.25) is 0 Å². The molecule has 1 aromatic carbocycles. The minimum absolute atomic E-state index is 0.434. The van der Waals surface area contributed by atoms with Gasteiger partial charge in [0, 0.05) is 23.9 Å². The van der Waals surface area contributed by atoms with E-state index in [1.165, 1.54) is 11.1 Å². The maximum atomic E-state index is 9.99. The Hall–Kier alpha value is -1.96. The van der Waals surface area contributed by atoms with E-state index in [1.54, 1.807) is 0 Å². The van der Waals surface area contributed by atoms with E-state index < -0.39 is 0 Å². The van der Waals surface area contributed by atoms with Crippen LogP contribution in [0.4, 0.5) is 0 Å². The highest BCUT2D eigenvalue weighted by atomic mass is 16.3. The molecule has 1 aromatic rings. The average molecular weight is 225 g/mol. The highest BCUT2D eigenvalue weighted by Gasteiger charge is 2.24. The maximum absolute atomic E-state index is 9.99. The van der Waals surface area contributed by atoms with Crippen LogP contribution in [0, 0.1) is 0 Å². The number of nitrogens with zero attached hydrogens (tertiary/aromatic N) is 1. The lowest BCUT2D eigenvalue weighted by Gasteiger charge is -2.32. The van der Waals surface area contributed by atoms with E-state index in [0.29, 0.717) is 5.76 Å². The van der Waals surface area contributed by atoms with Gasteiger partial charge < -0.3 is 10.0 Å². The summed E-state index contributed by atoms with van der Waals surface area (Å²) >= 11 is 0. The summed E-state index contributed by atoms with van der Waals surface area (Å²) in [4.78, 5) is 2.20. The molecule has 0 aromatic heterocycles. The monoisotopic (exact) mass is 225 g/mol. The van der Waals surface area contributed by atoms with Crippen molar-refractivity contribution in [2.45, 2.75) is 13.3 Å². The summed E-state index contributed by atoms with van der Waals surface area (Å²) in [5.74, 6) is 0.434. The Kier molecular flexibility index (Phi) is 2.29. The van der Waals surface area contributed by atoms with Crippen LogP contribution in [0.1, 0.15) is 24.5 Å². The predicted octanol–water partition coefficient (Wildman–Crippen LogP) is 3.55.